The zero-order valence-corrected chi connectivity index (χ0v) is 14.4. The Bertz CT molecular complexity index is 970. The molecular formula is C20H18O6. The van der Waals surface area contributed by atoms with Gasteiger partial charge < -0.3 is 19.0 Å². The van der Waals surface area contributed by atoms with Gasteiger partial charge in [-0.15, -0.1) is 0 Å². The number of fused-ring (bicyclic) bond motifs is 1. The third-order valence-electron chi connectivity index (χ3n) is 4.05. The number of esters is 1. The maximum atomic E-state index is 12.2. The van der Waals surface area contributed by atoms with Crippen molar-refractivity contribution < 1.29 is 28.6 Å². The SMILES string of the molecule is COc1ccc(C(C)=O)cc1COC(=O)Cc1coc2cc(O)ccc12. The molecule has 0 bridgehead atoms. The predicted octanol–water partition coefficient (Wildman–Crippen LogP) is 3.64. The summed E-state index contributed by atoms with van der Waals surface area (Å²) in [5.41, 5.74) is 2.33. The fourth-order valence-electron chi connectivity index (χ4n) is 2.68. The fraction of sp³-hybridized carbons (Fsp3) is 0.200. The summed E-state index contributed by atoms with van der Waals surface area (Å²) in [4.78, 5) is 23.7. The Kier molecular flexibility index (Phi) is 4.93. The van der Waals surface area contributed by atoms with Crippen molar-refractivity contribution in [1.82, 2.24) is 0 Å². The van der Waals surface area contributed by atoms with E-state index in [0.29, 0.717) is 28.0 Å². The van der Waals surface area contributed by atoms with Gasteiger partial charge in [-0.05, 0) is 37.3 Å². The number of carbonyl (C=O) groups excluding carboxylic acids is 2. The maximum absolute atomic E-state index is 12.2. The average Bonchev–Trinajstić information content (AvgIpc) is 3.01. The molecule has 6 heteroatoms. The number of Topliss-reactive ketones (excluding diaryl/α,β-unsaturated/α-hetero) is 1. The van der Waals surface area contributed by atoms with E-state index in [4.69, 9.17) is 13.9 Å². The molecule has 6 nitrogen and oxygen atoms in total. The number of aromatic hydroxyl groups is 1. The highest BCUT2D eigenvalue weighted by Gasteiger charge is 2.14. The standard InChI is InChI=1S/C20H18O6/c1-12(21)13-3-6-18(24-2)15(7-13)11-26-20(23)8-14-10-25-19-9-16(22)4-5-17(14)19/h3-7,9-10,22H,8,11H2,1-2H3. The van der Waals surface area contributed by atoms with E-state index in [1.54, 1.807) is 24.3 Å². The minimum atomic E-state index is -0.434. The zero-order valence-electron chi connectivity index (χ0n) is 14.4. The lowest BCUT2D eigenvalue weighted by Crippen LogP contribution is -2.09. The summed E-state index contributed by atoms with van der Waals surface area (Å²) in [6.45, 7) is 1.47. The maximum Gasteiger partial charge on any atom is 0.310 e. The van der Waals surface area contributed by atoms with Crippen LogP contribution in [0.1, 0.15) is 28.4 Å². The van der Waals surface area contributed by atoms with Crippen molar-refractivity contribution in [2.75, 3.05) is 7.11 Å². The molecule has 0 aliphatic carbocycles. The first kappa shape index (κ1) is 17.5. The van der Waals surface area contributed by atoms with Gasteiger partial charge in [0.15, 0.2) is 5.78 Å². The molecule has 1 aromatic heterocycles. The Morgan fingerprint density at radius 2 is 1.92 bits per heavy atom. The first-order valence-corrected chi connectivity index (χ1v) is 8.00. The number of benzene rings is 2. The highest BCUT2D eigenvalue weighted by atomic mass is 16.5. The molecule has 0 saturated carbocycles. The lowest BCUT2D eigenvalue weighted by molar-refractivity contribution is -0.144. The number of carbonyl (C=O) groups is 2. The van der Waals surface area contributed by atoms with Crippen molar-refractivity contribution in [2.24, 2.45) is 0 Å². The van der Waals surface area contributed by atoms with Crippen LogP contribution in [0.4, 0.5) is 0 Å². The number of phenolic OH excluding ortho intramolecular Hbond substituents is 1. The van der Waals surface area contributed by atoms with Crippen molar-refractivity contribution in [3.63, 3.8) is 0 Å². The van der Waals surface area contributed by atoms with Crippen molar-refractivity contribution in [3.8, 4) is 11.5 Å². The Balaban J connectivity index is 1.70. The molecule has 0 fully saturated rings. The summed E-state index contributed by atoms with van der Waals surface area (Å²) < 4.78 is 15.9. The molecule has 26 heavy (non-hydrogen) atoms. The van der Waals surface area contributed by atoms with E-state index < -0.39 is 5.97 Å². The molecule has 0 saturated heterocycles. The quantitative estimate of drug-likeness (QED) is 0.537. The summed E-state index contributed by atoms with van der Waals surface area (Å²) in [5, 5.41) is 10.2. The Hall–Kier alpha value is -3.28. The van der Waals surface area contributed by atoms with E-state index in [1.165, 1.54) is 32.4 Å². The van der Waals surface area contributed by atoms with Gasteiger partial charge in [0.1, 0.15) is 23.7 Å². The molecule has 0 aliphatic rings. The first-order valence-electron chi connectivity index (χ1n) is 8.00. The minimum Gasteiger partial charge on any atom is -0.508 e. The van der Waals surface area contributed by atoms with Crippen molar-refractivity contribution in [3.05, 3.63) is 59.4 Å². The van der Waals surface area contributed by atoms with Gasteiger partial charge in [0, 0.05) is 28.1 Å². The summed E-state index contributed by atoms with van der Waals surface area (Å²) in [5.74, 6) is 0.134. The number of hydrogen-bond acceptors (Lipinski definition) is 6. The normalized spacial score (nSPS) is 10.7. The lowest BCUT2D eigenvalue weighted by Gasteiger charge is -2.10. The molecule has 3 rings (SSSR count). The van der Waals surface area contributed by atoms with Gasteiger partial charge >= 0.3 is 5.97 Å². The Morgan fingerprint density at radius 1 is 1.12 bits per heavy atom. The van der Waals surface area contributed by atoms with Crippen LogP contribution >= 0.6 is 0 Å². The fourth-order valence-corrected chi connectivity index (χ4v) is 2.68. The highest BCUT2D eigenvalue weighted by Crippen LogP contribution is 2.26. The van der Waals surface area contributed by atoms with Gasteiger partial charge in [0.25, 0.3) is 0 Å². The van der Waals surface area contributed by atoms with Gasteiger partial charge in [-0.1, -0.05) is 0 Å². The minimum absolute atomic E-state index is 0.000299. The van der Waals surface area contributed by atoms with Gasteiger partial charge in [0.05, 0.1) is 19.8 Å². The first-order chi connectivity index (χ1) is 12.5. The highest BCUT2D eigenvalue weighted by molar-refractivity contribution is 5.94. The van der Waals surface area contributed by atoms with E-state index in [-0.39, 0.29) is 24.6 Å². The lowest BCUT2D eigenvalue weighted by atomic mass is 10.1. The van der Waals surface area contributed by atoms with Crippen LogP contribution in [-0.2, 0) is 22.6 Å². The number of methoxy groups -OCH3 is 1. The topological polar surface area (TPSA) is 86.0 Å². The van der Waals surface area contributed by atoms with Gasteiger partial charge in [-0.25, -0.2) is 0 Å². The summed E-state index contributed by atoms with van der Waals surface area (Å²) >= 11 is 0. The average molecular weight is 354 g/mol. The van der Waals surface area contributed by atoms with E-state index in [1.807, 2.05) is 0 Å². The second-order valence-electron chi connectivity index (χ2n) is 5.86. The summed E-state index contributed by atoms with van der Waals surface area (Å²) in [6, 6.07) is 9.71. The van der Waals surface area contributed by atoms with Gasteiger partial charge in [-0.3, -0.25) is 9.59 Å². The molecule has 1 N–H and O–H groups in total. The van der Waals surface area contributed by atoms with Crippen LogP contribution in [0, 0.1) is 0 Å². The molecule has 0 spiro atoms. The number of ether oxygens (including phenoxy) is 2. The van der Waals surface area contributed by atoms with Crippen LogP contribution in [0.2, 0.25) is 0 Å². The van der Waals surface area contributed by atoms with E-state index in [9.17, 15) is 14.7 Å². The molecular weight excluding hydrogens is 336 g/mol. The predicted molar refractivity (Wildman–Crippen MR) is 94.4 cm³/mol. The van der Waals surface area contributed by atoms with Crippen molar-refractivity contribution >= 4 is 22.7 Å². The van der Waals surface area contributed by atoms with Crippen LogP contribution in [-0.4, -0.2) is 24.0 Å². The number of hydrogen-bond donors (Lipinski definition) is 1. The molecule has 0 unspecified atom stereocenters. The van der Waals surface area contributed by atoms with Crippen LogP contribution in [0.25, 0.3) is 11.0 Å². The third-order valence-corrected chi connectivity index (χ3v) is 4.05. The number of furan rings is 1. The van der Waals surface area contributed by atoms with Gasteiger partial charge in [0.2, 0.25) is 0 Å². The second kappa shape index (κ2) is 7.31. The molecule has 0 atom stereocenters. The molecule has 1 heterocycles. The van der Waals surface area contributed by atoms with Crippen LogP contribution in [0.5, 0.6) is 11.5 Å². The number of phenols is 1. The largest absolute Gasteiger partial charge is 0.508 e. The van der Waals surface area contributed by atoms with E-state index >= 15 is 0 Å². The second-order valence-corrected chi connectivity index (χ2v) is 5.86. The molecule has 0 radical (unpaired) electrons. The third kappa shape index (κ3) is 3.69. The van der Waals surface area contributed by atoms with Gasteiger partial charge in [-0.2, -0.15) is 0 Å². The van der Waals surface area contributed by atoms with E-state index in [0.717, 1.165) is 5.39 Å². The molecule has 2 aromatic carbocycles. The molecule has 3 aromatic rings. The smallest absolute Gasteiger partial charge is 0.310 e. The van der Waals surface area contributed by atoms with E-state index in [2.05, 4.69) is 0 Å². The summed E-state index contributed by atoms with van der Waals surface area (Å²) in [7, 11) is 1.52. The number of rotatable bonds is 6. The monoisotopic (exact) mass is 354 g/mol. The van der Waals surface area contributed by atoms with Crippen LogP contribution in [0.3, 0.4) is 0 Å². The Morgan fingerprint density at radius 3 is 2.65 bits per heavy atom. The van der Waals surface area contributed by atoms with Crippen LogP contribution in [0.15, 0.2) is 47.1 Å². The van der Waals surface area contributed by atoms with Crippen molar-refractivity contribution in [1.29, 1.82) is 0 Å². The number of ketones is 1. The molecule has 0 amide bonds. The Labute approximate surface area is 149 Å². The summed E-state index contributed by atoms with van der Waals surface area (Å²) in [6.07, 6.45) is 1.51. The van der Waals surface area contributed by atoms with Crippen molar-refractivity contribution in [2.45, 2.75) is 20.0 Å². The zero-order chi connectivity index (χ0) is 18.7. The molecule has 134 valence electrons. The molecule has 0 aliphatic heterocycles. The van der Waals surface area contributed by atoms with Crippen LogP contribution < -0.4 is 4.74 Å².